The summed E-state index contributed by atoms with van der Waals surface area (Å²) in [5.41, 5.74) is 1.66. The summed E-state index contributed by atoms with van der Waals surface area (Å²) < 4.78 is 10.4. The monoisotopic (exact) mass is 261 g/mol. The van der Waals surface area contributed by atoms with Crippen LogP contribution in [-0.2, 0) is 4.74 Å². The molecule has 1 fully saturated rings. The molecule has 1 aliphatic rings. The minimum atomic E-state index is 0.0200. The zero-order valence-corrected chi connectivity index (χ0v) is 11.4. The summed E-state index contributed by atoms with van der Waals surface area (Å²) >= 11 is 0. The van der Waals surface area contributed by atoms with Crippen molar-refractivity contribution in [2.45, 2.75) is 6.92 Å². The molecule has 0 N–H and O–H groups in total. The number of rotatable bonds is 4. The van der Waals surface area contributed by atoms with E-state index in [4.69, 9.17) is 9.47 Å². The number of allylic oxidation sites excluding steroid dienone is 2. The Balaban J connectivity index is 2.05. The lowest BCUT2D eigenvalue weighted by atomic mass is 10.1. The van der Waals surface area contributed by atoms with E-state index in [1.807, 2.05) is 6.92 Å². The number of hydrogen-bond acceptors (Lipinski definition) is 4. The fourth-order valence-corrected chi connectivity index (χ4v) is 2.04. The Labute approximate surface area is 113 Å². The van der Waals surface area contributed by atoms with E-state index < -0.39 is 0 Å². The second-order valence-electron chi connectivity index (χ2n) is 4.48. The minimum absolute atomic E-state index is 0.0200. The highest BCUT2D eigenvalue weighted by Crippen LogP contribution is 2.14. The van der Waals surface area contributed by atoms with Gasteiger partial charge in [0.25, 0.3) is 0 Å². The average molecular weight is 261 g/mol. The molecule has 1 saturated heterocycles. The molecule has 0 aromatic heterocycles. The predicted octanol–water partition coefficient (Wildman–Crippen LogP) is 2.11. The van der Waals surface area contributed by atoms with E-state index in [1.165, 1.54) is 0 Å². The van der Waals surface area contributed by atoms with Gasteiger partial charge in [0, 0.05) is 30.4 Å². The van der Waals surface area contributed by atoms with Gasteiger partial charge in [0.15, 0.2) is 5.78 Å². The number of carbonyl (C=O) groups is 1. The molecule has 0 saturated carbocycles. The van der Waals surface area contributed by atoms with Crippen molar-refractivity contribution in [3.63, 3.8) is 0 Å². The lowest BCUT2D eigenvalue weighted by Gasteiger charge is -2.29. The molecule has 2 rings (SSSR count). The van der Waals surface area contributed by atoms with E-state index in [-0.39, 0.29) is 5.78 Å². The maximum absolute atomic E-state index is 12.1. The first kappa shape index (κ1) is 13.6. The molecule has 4 nitrogen and oxygen atoms in total. The predicted molar refractivity (Wildman–Crippen MR) is 73.5 cm³/mol. The molecule has 1 aromatic rings. The average Bonchev–Trinajstić information content (AvgIpc) is 2.48. The zero-order chi connectivity index (χ0) is 13.7. The number of nitrogens with zero attached hydrogens (tertiary/aromatic N) is 1. The summed E-state index contributed by atoms with van der Waals surface area (Å²) in [6.07, 6.45) is 1.69. The number of benzene rings is 1. The van der Waals surface area contributed by atoms with Crippen LogP contribution < -0.4 is 4.74 Å². The molecule has 1 aliphatic heterocycles. The number of ether oxygens (including phenoxy) is 2. The van der Waals surface area contributed by atoms with Crippen LogP contribution in [0.15, 0.2) is 36.0 Å². The Morgan fingerprint density at radius 2 is 1.89 bits per heavy atom. The van der Waals surface area contributed by atoms with Crippen LogP contribution >= 0.6 is 0 Å². The molecule has 0 aliphatic carbocycles. The van der Waals surface area contributed by atoms with Gasteiger partial charge in [-0.2, -0.15) is 0 Å². The van der Waals surface area contributed by atoms with Crippen LogP contribution in [0.2, 0.25) is 0 Å². The van der Waals surface area contributed by atoms with Gasteiger partial charge >= 0.3 is 0 Å². The molecule has 0 radical (unpaired) electrons. The molecule has 0 spiro atoms. The third-order valence-electron chi connectivity index (χ3n) is 3.22. The highest BCUT2D eigenvalue weighted by Gasteiger charge is 2.12. The molecule has 0 atom stereocenters. The minimum Gasteiger partial charge on any atom is -0.497 e. The van der Waals surface area contributed by atoms with Crippen LogP contribution in [0.4, 0.5) is 0 Å². The summed E-state index contributed by atoms with van der Waals surface area (Å²) in [4.78, 5) is 14.3. The van der Waals surface area contributed by atoms with Crippen molar-refractivity contribution in [3.8, 4) is 5.75 Å². The zero-order valence-electron chi connectivity index (χ0n) is 11.4. The van der Waals surface area contributed by atoms with Crippen LogP contribution in [0, 0.1) is 0 Å². The molecule has 102 valence electrons. The van der Waals surface area contributed by atoms with Crippen LogP contribution in [0.1, 0.15) is 17.3 Å². The lowest BCUT2D eigenvalue weighted by molar-refractivity contribution is 0.0534. The topological polar surface area (TPSA) is 38.8 Å². The number of carbonyl (C=O) groups excluding carboxylic acids is 1. The van der Waals surface area contributed by atoms with E-state index in [0.29, 0.717) is 5.56 Å². The summed E-state index contributed by atoms with van der Waals surface area (Å²) in [5, 5.41) is 0. The highest BCUT2D eigenvalue weighted by atomic mass is 16.5. The van der Waals surface area contributed by atoms with Gasteiger partial charge in [0.05, 0.1) is 20.3 Å². The van der Waals surface area contributed by atoms with Gasteiger partial charge in [0.1, 0.15) is 5.75 Å². The van der Waals surface area contributed by atoms with Crippen LogP contribution in [0.25, 0.3) is 0 Å². The normalized spacial score (nSPS) is 16.3. The first-order chi connectivity index (χ1) is 9.20. The maximum Gasteiger partial charge on any atom is 0.187 e. The smallest absolute Gasteiger partial charge is 0.187 e. The van der Waals surface area contributed by atoms with Crippen molar-refractivity contribution in [2.75, 3.05) is 33.4 Å². The quantitative estimate of drug-likeness (QED) is 0.614. The van der Waals surface area contributed by atoms with Crippen molar-refractivity contribution < 1.29 is 14.3 Å². The van der Waals surface area contributed by atoms with Crippen molar-refractivity contribution in [3.05, 3.63) is 41.6 Å². The third kappa shape index (κ3) is 3.58. The number of ketones is 1. The Morgan fingerprint density at radius 1 is 1.26 bits per heavy atom. The van der Waals surface area contributed by atoms with Gasteiger partial charge in [-0.1, -0.05) is 0 Å². The molecule has 0 unspecified atom stereocenters. The van der Waals surface area contributed by atoms with Crippen LogP contribution in [-0.4, -0.2) is 44.1 Å². The van der Waals surface area contributed by atoms with E-state index in [1.54, 1.807) is 37.5 Å². The number of morpholine rings is 1. The highest BCUT2D eigenvalue weighted by molar-refractivity contribution is 6.04. The van der Waals surface area contributed by atoms with Gasteiger partial charge in [0.2, 0.25) is 0 Å². The van der Waals surface area contributed by atoms with Gasteiger partial charge in [-0.05, 0) is 31.2 Å². The third-order valence-corrected chi connectivity index (χ3v) is 3.22. The van der Waals surface area contributed by atoms with E-state index in [0.717, 1.165) is 37.7 Å². The summed E-state index contributed by atoms with van der Waals surface area (Å²) in [5.74, 6) is 0.775. The van der Waals surface area contributed by atoms with Crippen molar-refractivity contribution >= 4 is 5.78 Å². The van der Waals surface area contributed by atoms with E-state index in [2.05, 4.69) is 4.90 Å². The molecule has 4 heteroatoms. The largest absolute Gasteiger partial charge is 0.497 e. The van der Waals surface area contributed by atoms with E-state index in [9.17, 15) is 4.79 Å². The van der Waals surface area contributed by atoms with Crippen molar-refractivity contribution in [1.29, 1.82) is 0 Å². The molecule has 19 heavy (non-hydrogen) atoms. The standard InChI is InChI=1S/C15H19NO3/c1-12(16-7-9-19-10-8-16)11-15(17)13-3-5-14(18-2)6-4-13/h3-6,11H,7-10H2,1-2H3. The molecule has 1 heterocycles. The molecule has 0 bridgehead atoms. The first-order valence-electron chi connectivity index (χ1n) is 6.40. The van der Waals surface area contributed by atoms with E-state index >= 15 is 0 Å². The van der Waals surface area contributed by atoms with Gasteiger partial charge in [-0.3, -0.25) is 4.79 Å². The second kappa shape index (κ2) is 6.38. The molecular formula is C15H19NO3. The second-order valence-corrected chi connectivity index (χ2v) is 4.48. The lowest BCUT2D eigenvalue weighted by Crippen LogP contribution is -2.35. The molecular weight excluding hydrogens is 242 g/mol. The summed E-state index contributed by atoms with van der Waals surface area (Å²) in [6.45, 7) is 5.10. The van der Waals surface area contributed by atoms with Gasteiger partial charge < -0.3 is 14.4 Å². The maximum atomic E-state index is 12.1. The van der Waals surface area contributed by atoms with Crippen molar-refractivity contribution in [2.24, 2.45) is 0 Å². The Hall–Kier alpha value is -1.81. The Morgan fingerprint density at radius 3 is 2.47 bits per heavy atom. The van der Waals surface area contributed by atoms with Crippen LogP contribution in [0.5, 0.6) is 5.75 Å². The first-order valence-corrected chi connectivity index (χ1v) is 6.40. The molecule has 1 aromatic carbocycles. The van der Waals surface area contributed by atoms with Gasteiger partial charge in [-0.25, -0.2) is 0 Å². The SMILES string of the molecule is COc1ccc(C(=O)C=C(C)N2CCOCC2)cc1. The van der Waals surface area contributed by atoms with Gasteiger partial charge in [-0.15, -0.1) is 0 Å². The fraction of sp³-hybridized carbons (Fsp3) is 0.400. The Kier molecular flexibility index (Phi) is 4.58. The number of hydrogen-bond donors (Lipinski definition) is 0. The Bertz CT molecular complexity index is 459. The summed E-state index contributed by atoms with van der Waals surface area (Å²) in [6, 6.07) is 7.16. The fourth-order valence-electron chi connectivity index (χ4n) is 2.04. The summed E-state index contributed by atoms with van der Waals surface area (Å²) in [7, 11) is 1.61. The van der Waals surface area contributed by atoms with Crippen LogP contribution in [0.3, 0.4) is 0 Å². The molecule has 0 amide bonds. The van der Waals surface area contributed by atoms with Crippen molar-refractivity contribution in [1.82, 2.24) is 4.90 Å². The number of methoxy groups -OCH3 is 1.